The Labute approximate surface area is 211 Å². The molecule has 1 N–H and O–H groups in total. The molecule has 3 aromatic rings. The molecule has 0 bridgehead atoms. The molecule has 1 aliphatic rings. The summed E-state index contributed by atoms with van der Waals surface area (Å²) in [6.45, 7) is 8.62. The second-order valence-corrected chi connectivity index (χ2v) is 10.8. The summed E-state index contributed by atoms with van der Waals surface area (Å²) in [5.74, 6) is -0.218. The summed E-state index contributed by atoms with van der Waals surface area (Å²) in [6.07, 6.45) is 4.99. The number of benzene rings is 1. The van der Waals surface area contributed by atoms with Gasteiger partial charge in [-0.3, -0.25) is 14.4 Å². The Hall–Kier alpha value is -2.78. The molecule has 34 heavy (non-hydrogen) atoms. The number of nitrogens with zero attached hydrogens (tertiary/aromatic N) is 3. The number of nitrogens with one attached hydrogen (secondary N) is 1. The zero-order chi connectivity index (χ0) is 24.4. The highest BCUT2D eigenvalue weighted by atomic mass is 79.9. The molecule has 3 heterocycles. The zero-order valence-corrected chi connectivity index (χ0v) is 21.7. The van der Waals surface area contributed by atoms with Crippen molar-refractivity contribution in [1.29, 1.82) is 0 Å². The highest BCUT2D eigenvalue weighted by Gasteiger charge is 2.30. The van der Waals surface area contributed by atoms with Gasteiger partial charge in [-0.15, -0.1) is 11.3 Å². The first-order valence-corrected chi connectivity index (χ1v) is 12.8. The first kappa shape index (κ1) is 24.3. The van der Waals surface area contributed by atoms with Gasteiger partial charge in [-0.1, -0.05) is 22.5 Å². The number of aromatic nitrogens is 2. The lowest BCUT2D eigenvalue weighted by Crippen LogP contribution is -2.61. The normalized spacial score (nSPS) is 13.7. The molecular weight excluding hydrogens is 516 g/mol. The minimum absolute atomic E-state index is 0.0600. The summed E-state index contributed by atoms with van der Waals surface area (Å²) < 4.78 is 2.70. The van der Waals surface area contributed by atoms with Gasteiger partial charge >= 0.3 is 0 Å². The number of aryl methyl sites for hydroxylation is 3. The first-order valence-electron chi connectivity index (χ1n) is 11.2. The standard InChI is InChI=1S/C25H27BrN4O3S/c1-4-25(33)30-11-18(12-30)28-23(32)14-29-13-20(19-10-17(26)8-9-21(19)29)22(31)6-5-7-24-27-15(2)16(3)34-24/h4,8-10,13,18H,1,5-7,11-12,14H2,2-3H3,(H,28,32). The minimum atomic E-state index is -0.149. The van der Waals surface area contributed by atoms with Crippen LogP contribution in [0.15, 0.2) is 41.5 Å². The van der Waals surface area contributed by atoms with Crippen LogP contribution in [0.1, 0.15) is 38.8 Å². The molecule has 0 radical (unpaired) electrons. The molecule has 7 nitrogen and oxygen atoms in total. The molecule has 178 valence electrons. The molecule has 1 aliphatic heterocycles. The van der Waals surface area contributed by atoms with Crippen molar-refractivity contribution >= 4 is 55.8 Å². The monoisotopic (exact) mass is 542 g/mol. The summed E-state index contributed by atoms with van der Waals surface area (Å²) in [5, 5.41) is 4.86. The molecule has 1 aromatic carbocycles. The van der Waals surface area contributed by atoms with Gasteiger partial charge in [0.25, 0.3) is 0 Å². The smallest absolute Gasteiger partial charge is 0.246 e. The SMILES string of the molecule is C=CC(=O)N1CC(NC(=O)Cn2cc(C(=O)CCCc3nc(C)c(C)s3)c3cc(Br)ccc32)C1. The average molecular weight is 543 g/mol. The van der Waals surface area contributed by atoms with Crippen LogP contribution in [0, 0.1) is 13.8 Å². The summed E-state index contributed by atoms with van der Waals surface area (Å²) >= 11 is 5.18. The summed E-state index contributed by atoms with van der Waals surface area (Å²) in [4.78, 5) is 44.7. The number of rotatable bonds is 9. The van der Waals surface area contributed by atoms with Gasteiger partial charge in [0.1, 0.15) is 6.54 Å². The van der Waals surface area contributed by atoms with Crippen molar-refractivity contribution in [3.63, 3.8) is 0 Å². The van der Waals surface area contributed by atoms with Crippen molar-refractivity contribution in [3.8, 4) is 0 Å². The fourth-order valence-corrected chi connectivity index (χ4v) is 5.45. The molecule has 0 atom stereocenters. The molecule has 1 saturated heterocycles. The Kier molecular flexibility index (Phi) is 7.33. The van der Waals surface area contributed by atoms with Crippen molar-refractivity contribution in [2.24, 2.45) is 0 Å². The number of likely N-dealkylation sites (tertiary alicyclic amines) is 1. The molecule has 0 unspecified atom stereocenters. The Bertz CT molecular complexity index is 1250. The lowest BCUT2D eigenvalue weighted by molar-refractivity contribution is -0.133. The Morgan fingerprint density at radius 2 is 2.06 bits per heavy atom. The van der Waals surface area contributed by atoms with Gasteiger partial charge in [-0.2, -0.15) is 0 Å². The maximum absolute atomic E-state index is 13.1. The molecule has 0 spiro atoms. The van der Waals surface area contributed by atoms with E-state index >= 15 is 0 Å². The van der Waals surface area contributed by atoms with Crippen LogP contribution in [0.5, 0.6) is 0 Å². The number of carbonyl (C=O) groups excluding carboxylic acids is 3. The van der Waals surface area contributed by atoms with E-state index in [9.17, 15) is 14.4 Å². The quantitative estimate of drug-likeness (QED) is 0.324. The summed E-state index contributed by atoms with van der Waals surface area (Å²) in [5.41, 5.74) is 2.52. The first-order chi connectivity index (χ1) is 16.2. The summed E-state index contributed by atoms with van der Waals surface area (Å²) in [6, 6.07) is 5.68. The van der Waals surface area contributed by atoms with Crippen LogP contribution in [-0.2, 0) is 22.6 Å². The summed E-state index contributed by atoms with van der Waals surface area (Å²) in [7, 11) is 0. The van der Waals surface area contributed by atoms with Crippen LogP contribution in [0.2, 0.25) is 0 Å². The highest BCUT2D eigenvalue weighted by molar-refractivity contribution is 9.10. The van der Waals surface area contributed by atoms with Gasteiger partial charge in [0, 0.05) is 51.5 Å². The number of carbonyl (C=O) groups is 3. The van der Waals surface area contributed by atoms with Crippen LogP contribution in [0.4, 0.5) is 0 Å². The van der Waals surface area contributed by atoms with E-state index in [-0.39, 0.29) is 30.2 Å². The van der Waals surface area contributed by atoms with Crippen molar-refractivity contribution in [1.82, 2.24) is 19.8 Å². The largest absolute Gasteiger partial charge is 0.348 e. The van der Waals surface area contributed by atoms with E-state index in [1.165, 1.54) is 11.0 Å². The molecule has 2 aromatic heterocycles. The van der Waals surface area contributed by atoms with E-state index in [1.54, 1.807) is 22.4 Å². The molecule has 0 saturated carbocycles. The van der Waals surface area contributed by atoms with Gasteiger partial charge in [-0.05, 0) is 51.0 Å². The molecule has 4 rings (SSSR count). The number of thiazole rings is 1. The number of fused-ring (bicyclic) bond motifs is 1. The number of Topliss-reactive ketones (excluding diaryl/α,β-unsaturated/α-hetero) is 1. The van der Waals surface area contributed by atoms with Crippen LogP contribution < -0.4 is 5.32 Å². The highest BCUT2D eigenvalue weighted by Crippen LogP contribution is 2.27. The predicted octanol–water partition coefficient (Wildman–Crippen LogP) is 4.20. The zero-order valence-electron chi connectivity index (χ0n) is 19.3. The topological polar surface area (TPSA) is 84.3 Å². The van der Waals surface area contributed by atoms with Crippen LogP contribution in [0.3, 0.4) is 0 Å². The fraction of sp³-hybridized carbons (Fsp3) is 0.360. The number of amides is 2. The molecule has 2 amide bonds. The van der Waals surface area contributed by atoms with Crippen molar-refractivity contribution in [3.05, 3.63) is 62.7 Å². The third-order valence-corrected chi connectivity index (χ3v) is 7.68. The lowest BCUT2D eigenvalue weighted by Gasteiger charge is -2.38. The number of hydrogen-bond acceptors (Lipinski definition) is 5. The second kappa shape index (κ2) is 10.2. The van der Waals surface area contributed by atoms with Crippen molar-refractivity contribution in [2.45, 2.75) is 45.7 Å². The molecule has 0 aliphatic carbocycles. The van der Waals surface area contributed by atoms with Gasteiger partial charge in [0.2, 0.25) is 11.8 Å². The number of ketones is 1. The van der Waals surface area contributed by atoms with Crippen LogP contribution in [0.25, 0.3) is 10.9 Å². The van der Waals surface area contributed by atoms with Crippen LogP contribution >= 0.6 is 27.3 Å². The Morgan fingerprint density at radius 1 is 1.29 bits per heavy atom. The van der Waals surface area contributed by atoms with E-state index in [4.69, 9.17) is 0 Å². The van der Waals surface area contributed by atoms with Crippen LogP contribution in [-0.4, -0.2) is 51.2 Å². The van der Waals surface area contributed by atoms with E-state index in [2.05, 4.69) is 39.7 Å². The lowest BCUT2D eigenvalue weighted by atomic mass is 10.0. The van der Waals surface area contributed by atoms with E-state index < -0.39 is 0 Å². The Morgan fingerprint density at radius 3 is 2.74 bits per heavy atom. The Balaban J connectivity index is 1.42. The number of halogens is 1. The molecule has 9 heteroatoms. The van der Waals surface area contributed by atoms with E-state index in [0.29, 0.717) is 25.1 Å². The minimum Gasteiger partial charge on any atom is -0.348 e. The van der Waals surface area contributed by atoms with E-state index in [1.807, 2.05) is 29.7 Å². The van der Waals surface area contributed by atoms with E-state index in [0.717, 1.165) is 38.9 Å². The predicted molar refractivity (Wildman–Crippen MR) is 137 cm³/mol. The molecule has 1 fully saturated rings. The van der Waals surface area contributed by atoms with Crippen molar-refractivity contribution in [2.75, 3.05) is 13.1 Å². The molecular formula is C25H27BrN4O3S. The van der Waals surface area contributed by atoms with Gasteiger partial charge in [-0.25, -0.2) is 4.98 Å². The van der Waals surface area contributed by atoms with Gasteiger partial charge < -0.3 is 14.8 Å². The van der Waals surface area contributed by atoms with Crippen molar-refractivity contribution < 1.29 is 14.4 Å². The van der Waals surface area contributed by atoms with Gasteiger partial charge in [0.15, 0.2) is 5.78 Å². The fourth-order valence-electron chi connectivity index (χ4n) is 4.11. The second-order valence-electron chi connectivity index (χ2n) is 8.57. The third-order valence-electron chi connectivity index (χ3n) is 6.06. The average Bonchev–Trinajstić information content (AvgIpc) is 3.28. The number of hydrogen-bond donors (Lipinski definition) is 1. The third kappa shape index (κ3) is 5.31. The maximum Gasteiger partial charge on any atom is 0.246 e. The van der Waals surface area contributed by atoms with Gasteiger partial charge in [0.05, 0.1) is 16.7 Å². The maximum atomic E-state index is 13.1.